The topological polar surface area (TPSA) is 71.1 Å². The number of amides is 1. The number of dihydropyridines is 1. The highest BCUT2D eigenvalue weighted by atomic mass is 79.9. The number of nitrogens with one attached hydrogen (secondary N) is 2. The van der Waals surface area contributed by atoms with Gasteiger partial charge in [0.25, 0.3) is 5.91 Å². The molecule has 160 valence electrons. The summed E-state index contributed by atoms with van der Waals surface area (Å²) in [6.07, 6.45) is 2.78. The van der Waals surface area contributed by atoms with Crippen molar-refractivity contribution in [2.75, 3.05) is 5.32 Å². The van der Waals surface area contributed by atoms with E-state index in [-0.39, 0.29) is 17.1 Å². The number of hydrogen-bond acceptors (Lipinski definition) is 4. The Morgan fingerprint density at radius 1 is 1.23 bits per heavy atom. The average Bonchev–Trinajstić information content (AvgIpc) is 2.68. The zero-order valence-corrected chi connectivity index (χ0v) is 19.9. The molecule has 2 aromatic rings. The van der Waals surface area contributed by atoms with Gasteiger partial charge in [-0.15, -0.1) is 0 Å². The van der Waals surface area contributed by atoms with Gasteiger partial charge in [0, 0.05) is 50.6 Å². The SMILES string of the molecule is CC1=C(C(=O)Nc2ccc(Br)cn2)C(c2ccccc2Cl)C2=C(CC(C)(C)CC2=O)N1. The van der Waals surface area contributed by atoms with Gasteiger partial charge in [0.05, 0.1) is 0 Å². The monoisotopic (exact) mass is 499 g/mol. The number of carbonyl (C=O) groups excluding carboxylic acids is 2. The summed E-state index contributed by atoms with van der Waals surface area (Å²) in [6, 6.07) is 10.9. The van der Waals surface area contributed by atoms with Gasteiger partial charge in [0.1, 0.15) is 5.82 Å². The molecule has 0 saturated heterocycles. The smallest absolute Gasteiger partial charge is 0.255 e. The maximum Gasteiger partial charge on any atom is 0.255 e. The molecule has 0 bridgehead atoms. The third-order valence-corrected chi connectivity index (χ3v) is 6.48. The molecule has 1 aliphatic heterocycles. The number of Topliss-reactive ketones (excluding diaryl/α,β-unsaturated/α-hetero) is 1. The predicted octanol–water partition coefficient (Wildman–Crippen LogP) is 5.74. The number of aromatic nitrogens is 1. The van der Waals surface area contributed by atoms with Gasteiger partial charge < -0.3 is 10.6 Å². The second-order valence-corrected chi connectivity index (χ2v) is 10.1. The predicted molar refractivity (Wildman–Crippen MR) is 126 cm³/mol. The van der Waals surface area contributed by atoms with E-state index in [0.717, 1.165) is 22.2 Å². The molecule has 0 saturated carbocycles. The zero-order chi connectivity index (χ0) is 22.3. The molecular formula is C24H23BrClN3O2. The molecular weight excluding hydrogens is 478 g/mol. The highest BCUT2D eigenvalue weighted by Gasteiger charge is 2.43. The van der Waals surface area contributed by atoms with Gasteiger partial charge >= 0.3 is 0 Å². The molecule has 7 heteroatoms. The van der Waals surface area contributed by atoms with E-state index in [1.165, 1.54) is 0 Å². The van der Waals surface area contributed by atoms with Crippen LogP contribution in [0.4, 0.5) is 5.82 Å². The zero-order valence-electron chi connectivity index (χ0n) is 17.6. The van der Waals surface area contributed by atoms with Crippen LogP contribution in [0.5, 0.6) is 0 Å². The van der Waals surface area contributed by atoms with Gasteiger partial charge in [0.2, 0.25) is 0 Å². The summed E-state index contributed by atoms with van der Waals surface area (Å²) in [6.45, 7) is 6.03. The molecule has 2 aliphatic rings. The fourth-order valence-corrected chi connectivity index (χ4v) is 4.87. The van der Waals surface area contributed by atoms with Crippen LogP contribution in [0.3, 0.4) is 0 Å². The summed E-state index contributed by atoms with van der Waals surface area (Å²) < 4.78 is 0.819. The number of rotatable bonds is 3. The number of pyridine rings is 1. The lowest BCUT2D eigenvalue weighted by Crippen LogP contribution is -2.39. The van der Waals surface area contributed by atoms with Crippen LogP contribution in [0.2, 0.25) is 5.02 Å². The summed E-state index contributed by atoms with van der Waals surface area (Å²) in [5.41, 5.74) is 3.30. The second kappa shape index (κ2) is 8.24. The molecule has 0 radical (unpaired) electrons. The van der Waals surface area contributed by atoms with Gasteiger partial charge in [0.15, 0.2) is 5.78 Å². The molecule has 31 heavy (non-hydrogen) atoms. The molecule has 0 fully saturated rings. The van der Waals surface area contributed by atoms with Gasteiger partial charge in [-0.3, -0.25) is 9.59 Å². The molecule has 2 N–H and O–H groups in total. The van der Waals surface area contributed by atoms with Crippen molar-refractivity contribution in [2.45, 2.75) is 39.5 Å². The lowest BCUT2D eigenvalue weighted by atomic mass is 9.68. The highest BCUT2D eigenvalue weighted by Crippen LogP contribution is 2.47. The van der Waals surface area contributed by atoms with Crippen LogP contribution < -0.4 is 10.6 Å². The molecule has 5 nitrogen and oxygen atoms in total. The van der Waals surface area contributed by atoms with Crippen LogP contribution >= 0.6 is 27.5 Å². The van der Waals surface area contributed by atoms with Crippen molar-refractivity contribution in [1.82, 2.24) is 10.3 Å². The van der Waals surface area contributed by atoms with Crippen molar-refractivity contribution < 1.29 is 9.59 Å². The molecule has 0 spiro atoms. The number of hydrogen-bond donors (Lipinski definition) is 2. The Morgan fingerprint density at radius 3 is 2.65 bits per heavy atom. The number of nitrogens with zero attached hydrogens (tertiary/aromatic N) is 1. The molecule has 1 atom stereocenters. The van der Waals surface area contributed by atoms with E-state index in [1.807, 2.05) is 31.2 Å². The van der Waals surface area contributed by atoms with Gasteiger partial charge in [-0.05, 0) is 58.5 Å². The Balaban J connectivity index is 1.81. The molecule has 1 aliphatic carbocycles. The van der Waals surface area contributed by atoms with Gasteiger partial charge in [-0.2, -0.15) is 0 Å². The first kappa shape index (κ1) is 21.8. The normalized spacial score (nSPS) is 20.3. The van der Waals surface area contributed by atoms with Crippen LogP contribution in [0.15, 0.2) is 69.6 Å². The highest BCUT2D eigenvalue weighted by molar-refractivity contribution is 9.10. The number of allylic oxidation sites excluding steroid dienone is 3. The Hall–Kier alpha value is -2.44. The number of carbonyl (C=O) groups is 2. The fourth-order valence-electron chi connectivity index (χ4n) is 4.39. The standard InChI is InChI=1S/C24H23BrClN3O2/c1-13-20(23(31)29-19-9-8-14(25)12-27-19)21(15-6-4-5-7-16(15)26)22-17(28-13)10-24(2,3)11-18(22)30/h4-9,12,21,28H,10-11H2,1-3H3,(H,27,29,31). The summed E-state index contributed by atoms with van der Waals surface area (Å²) >= 11 is 9.91. The van der Waals surface area contributed by atoms with Crippen LogP contribution in [-0.4, -0.2) is 16.7 Å². The van der Waals surface area contributed by atoms with E-state index >= 15 is 0 Å². The Bertz CT molecular complexity index is 1140. The number of ketones is 1. The third-order valence-electron chi connectivity index (χ3n) is 5.67. The first-order chi connectivity index (χ1) is 14.7. The molecule has 1 aromatic carbocycles. The van der Waals surface area contributed by atoms with Crippen molar-refractivity contribution in [3.63, 3.8) is 0 Å². The van der Waals surface area contributed by atoms with Crippen LogP contribution in [-0.2, 0) is 9.59 Å². The Labute approximate surface area is 195 Å². The third kappa shape index (κ3) is 4.32. The fraction of sp³-hybridized carbons (Fsp3) is 0.292. The lowest BCUT2D eigenvalue weighted by molar-refractivity contribution is -0.118. The minimum absolute atomic E-state index is 0.0447. The van der Waals surface area contributed by atoms with Crippen LogP contribution in [0.1, 0.15) is 45.1 Å². The number of halogens is 2. The quantitative estimate of drug-likeness (QED) is 0.564. The number of anilines is 1. The second-order valence-electron chi connectivity index (χ2n) is 8.77. The summed E-state index contributed by atoms with van der Waals surface area (Å²) in [5, 5.41) is 6.75. The van der Waals surface area contributed by atoms with E-state index < -0.39 is 5.92 Å². The summed E-state index contributed by atoms with van der Waals surface area (Å²) in [4.78, 5) is 31.0. The molecule has 1 unspecified atom stereocenters. The van der Waals surface area contributed by atoms with Crippen molar-refractivity contribution in [3.05, 3.63) is 80.2 Å². The minimum Gasteiger partial charge on any atom is -0.362 e. The molecule has 1 aromatic heterocycles. The van der Waals surface area contributed by atoms with Crippen LogP contribution in [0.25, 0.3) is 0 Å². The lowest BCUT2D eigenvalue weighted by Gasteiger charge is -2.39. The average molecular weight is 501 g/mol. The van der Waals surface area contributed by atoms with E-state index in [0.29, 0.717) is 34.1 Å². The van der Waals surface area contributed by atoms with E-state index in [2.05, 4.69) is 45.4 Å². The van der Waals surface area contributed by atoms with Crippen molar-refractivity contribution >= 4 is 45.0 Å². The van der Waals surface area contributed by atoms with Crippen LogP contribution in [0, 0.1) is 5.41 Å². The van der Waals surface area contributed by atoms with Gasteiger partial charge in [-0.25, -0.2) is 4.98 Å². The van der Waals surface area contributed by atoms with Gasteiger partial charge in [-0.1, -0.05) is 43.6 Å². The van der Waals surface area contributed by atoms with Crippen molar-refractivity contribution in [3.8, 4) is 0 Å². The molecule has 1 amide bonds. The first-order valence-corrected chi connectivity index (χ1v) is 11.2. The van der Waals surface area contributed by atoms with E-state index in [1.54, 1.807) is 18.3 Å². The summed E-state index contributed by atoms with van der Waals surface area (Å²) in [5.74, 6) is -0.372. The Morgan fingerprint density at radius 2 is 1.97 bits per heavy atom. The van der Waals surface area contributed by atoms with E-state index in [4.69, 9.17) is 11.6 Å². The number of benzene rings is 1. The first-order valence-electron chi connectivity index (χ1n) is 10.1. The largest absolute Gasteiger partial charge is 0.362 e. The maximum atomic E-state index is 13.4. The summed E-state index contributed by atoms with van der Waals surface area (Å²) in [7, 11) is 0. The van der Waals surface area contributed by atoms with Crippen molar-refractivity contribution in [2.24, 2.45) is 5.41 Å². The molecule has 4 rings (SSSR count). The maximum absolute atomic E-state index is 13.4. The van der Waals surface area contributed by atoms with Crippen molar-refractivity contribution in [1.29, 1.82) is 0 Å². The molecule has 2 heterocycles. The Kier molecular flexibility index (Phi) is 5.79. The minimum atomic E-state index is -0.538. The van der Waals surface area contributed by atoms with E-state index in [9.17, 15) is 9.59 Å².